The summed E-state index contributed by atoms with van der Waals surface area (Å²) in [5, 5.41) is 11.7. The lowest BCUT2D eigenvalue weighted by Gasteiger charge is -2.17. The highest BCUT2D eigenvalue weighted by atomic mass is 16.5. The number of hydrogen-bond acceptors (Lipinski definition) is 2. The molecule has 1 N–H and O–H groups in total. The third-order valence-electron chi connectivity index (χ3n) is 6.83. The van der Waals surface area contributed by atoms with Gasteiger partial charge in [-0.1, -0.05) is 74.4 Å². The maximum Gasteiger partial charge on any atom is 0.119 e. The topological polar surface area (TPSA) is 29.5 Å². The van der Waals surface area contributed by atoms with E-state index in [9.17, 15) is 0 Å². The minimum absolute atomic E-state index is 0.0624. The number of aliphatic hydroxyl groups is 1. The molecule has 2 nitrogen and oxygen atoms in total. The number of benzene rings is 3. The second kappa shape index (κ2) is 10.1. The predicted molar refractivity (Wildman–Crippen MR) is 125 cm³/mol. The summed E-state index contributed by atoms with van der Waals surface area (Å²) in [6.07, 6.45) is 7.83. The van der Waals surface area contributed by atoms with E-state index in [1.807, 2.05) is 6.07 Å². The van der Waals surface area contributed by atoms with Crippen LogP contribution in [0.15, 0.2) is 66.7 Å². The highest BCUT2D eigenvalue weighted by molar-refractivity contribution is 5.86. The van der Waals surface area contributed by atoms with Gasteiger partial charge in [0.2, 0.25) is 0 Å². The van der Waals surface area contributed by atoms with Crippen molar-refractivity contribution in [3.8, 4) is 5.75 Å². The average molecular weight is 403 g/mol. The predicted octanol–water partition coefficient (Wildman–Crippen LogP) is 7.07. The molecule has 3 aromatic carbocycles. The van der Waals surface area contributed by atoms with Gasteiger partial charge < -0.3 is 9.84 Å². The van der Waals surface area contributed by atoms with Crippen LogP contribution in [-0.2, 0) is 0 Å². The molecule has 0 saturated heterocycles. The second-order valence-electron chi connectivity index (χ2n) is 8.92. The van der Waals surface area contributed by atoms with Crippen molar-refractivity contribution in [3.63, 3.8) is 0 Å². The molecule has 2 heteroatoms. The number of fused-ring (bicyclic) bond motifs is 1. The summed E-state index contributed by atoms with van der Waals surface area (Å²) < 4.78 is 5.60. The lowest BCUT2D eigenvalue weighted by Crippen LogP contribution is -2.02. The smallest absolute Gasteiger partial charge is 0.119 e. The van der Waals surface area contributed by atoms with Crippen LogP contribution < -0.4 is 4.74 Å². The monoisotopic (exact) mass is 402 g/mol. The molecule has 1 saturated carbocycles. The molecular formula is C28H34O2. The van der Waals surface area contributed by atoms with Crippen LogP contribution in [0.4, 0.5) is 0 Å². The van der Waals surface area contributed by atoms with Crippen molar-refractivity contribution in [2.75, 3.05) is 13.2 Å². The molecule has 0 unspecified atom stereocenters. The molecule has 158 valence electrons. The molecule has 3 aromatic rings. The van der Waals surface area contributed by atoms with Gasteiger partial charge in [-0.3, -0.25) is 0 Å². The van der Waals surface area contributed by atoms with Crippen molar-refractivity contribution in [1.29, 1.82) is 0 Å². The van der Waals surface area contributed by atoms with Crippen molar-refractivity contribution in [3.05, 3.63) is 77.9 Å². The molecule has 4 rings (SSSR count). The normalized spacial score (nSPS) is 19.8. The van der Waals surface area contributed by atoms with Gasteiger partial charge in [-0.05, 0) is 77.5 Å². The summed E-state index contributed by atoms with van der Waals surface area (Å²) in [5.74, 6) is 2.99. The first-order valence-corrected chi connectivity index (χ1v) is 11.6. The van der Waals surface area contributed by atoms with Gasteiger partial charge in [0.25, 0.3) is 0 Å². The number of ether oxygens (including phenoxy) is 1. The van der Waals surface area contributed by atoms with Gasteiger partial charge in [-0.25, -0.2) is 0 Å². The molecule has 30 heavy (non-hydrogen) atoms. The van der Waals surface area contributed by atoms with E-state index in [2.05, 4.69) is 67.6 Å². The zero-order chi connectivity index (χ0) is 20.8. The van der Waals surface area contributed by atoms with Crippen LogP contribution in [0, 0.1) is 5.92 Å². The van der Waals surface area contributed by atoms with Gasteiger partial charge >= 0.3 is 0 Å². The Morgan fingerprint density at radius 3 is 2.73 bits per heavy atom. The number of hydrogen-bond donors (Lipinski definition) is 1. The van der Waals surface area contributed by atoms with E-state index >= 15 is 0 Å². The maximum absolute atomic E-state index is 8.96. The number of aliphatic hydroxyl groups excluding tert-OH is 1. The maximum atomic E-state index is 8.96. The molecule has 1 fully saturated rings. The molecule has 0 heterocycles. The Labute approximate surface area is 180 Å². The summed E-state index contributed by atoms with van der Waals surface area (Å²) in [4.78, 5) is 0. The van der Waals surface area contributed by atoms with Crippen molar-refractivity contribution in [2.45, 2.75) is 57.3 Å². The molecule has 0 radical (unpaired) electrons. The second-order valence-corrected chi connectivity index (χ2v) is 8.92. The van der Waals surface area contributed by atoms with Crippen LogP contribution in [0.25, 0.3) is 10.8 Å². The Bertz CT molecular complexity index is 943. The van der Waals surface area contributed by atoms with Crippen LogP contribution in [0.1, 0.15) is 68.4 Å². The fourth-order valence-electron chi connectivity index (χ4n) is 5.21. The van der Waals surface area contributed by atoms with E-state index in [4.69, 9.17) is 9.84 Å². The Morgan fingerprint density at radius 2 is 1.83 bits per heavy atom. The van der Waals surface area contributed by atoms with E-state index in [-0.39, 0.29) is 6.61 Å². The largest absolute Gasteiger partial charge is 0.491 e. The molecular weight excluding hydrogens is 368 g/mol. The van der Waals surface area contributed by atoms with Gasteiger partial charge in [-0.2, -0.15) is 0 Å². The molecule has 3 atom stereocenters. The molecule has 0 aromatic heterocycles. The lowest BCUT2D eigenvalue weighted by molar-refractivity contribution is 0.201. The van der Waals surface area contributed by atoms with E-state index in [1.165, 1.54) is 60.4 Å². The van der Waals surface area contributed by atoms with Crippen LogP contribution in [0.3, 0.4) is 0 Å². The first kappa shape index (κ1) is 20.9. The van der Waals surface area contributed by atoms with Crippen LogP contribution in [0.5, 0.6) is 5.75 Å². The molecule has 1 aliphatic rings. The first-order valence-electron chi connectivity index (χ1n) is 11.6. The third-order valence-corrected chi connectivity index (χ3v) is 6.83. The van der Waals surface area contributed by atoms with Crippen molar-refractivity contribution < 1.29 is 9.84 Å². The molecule has 0 amide bonds. The Kier molecular flexibility index (Phi) is 7.07. The fourth-order valence-corrected chi connectivity index (χ4v) is 5.21. The Hall–Kier alpha value is -2.32. The molecule has 0 aliphatic heterocycles. The quantitative estimate of drug-likeness (QED) is 0.415. The zero-order valence-electron chi connectivity index (χ0n) is 18.1. The summed E-state index contributed by atoms with van der Waals surface area (Å²) >= 11 is 0. The van der Waals surface area contributed by atoms with Crippen LogP contribution >= 0.6 is 0 Å². The first-order chi connectivity index (χ1) is 14.7. The summed E-state index contributed by atoms with van der Waals surface area (Å²) in [6, 6.07) is 24.0. The van der Waals surface area contributed by atoms with Crippen molar-refractivity contribution in [2.24, 2.45) is 5.92 Å². The van der Waals surface area contributed by atoms with Gasteiger partial charge in [0.1, 0.15) is 12.4 Å². The lowest BCUT2D eigenvalue weighted by atomic mass is 9.89. The molecule has 0 bridgehead atoms. The van der Waals surface area contributed by atoms with Gasteiger partial charge in [-0.15, -0.1) is 0 Å². The SMILES string of the molecule is C[C@@H](CCC[C@H]1CC[C@@H](c2cccc(OCCO)c2)C1)c1cccc2ccccc12. The standard InChI is InChI=1S/C28H34O2/c1-21(27-14-6-10-23-9-2-3-13-28(23)27)7-4-8-22-15-16-25(19-22)24-11-5-12-26(20-24)30-18-17-29/h2-3,5-6,9-14,20-22,25,29H,4,7-8,15-19H2,1H3/t21-,22-,25+/m0/s1. The highest BCUT2D eigenvalue weighted by Crippen LogP contribution is 2.41. The summed E-state index contributed by atoms with van der Waals surface area (Å²) in [7, 11) is 0. The number of rotatable bonds is 9. The van der Waals surface area contributed by atoms with Crippen LogP contribution in [-0.4, -0.2) is 18.3 Å². The fraction of sp³-hybridized carbons (Fsp3) is 0.429. The highest BCUT2D eigenvalue weighted by Gasteiger charge is 2.26. The van der Waals surface area contributed by atoms with Gasteiger partial charge in [0.05, 0.1) is 6.61 Å². The zero-order valence-corrected chi connectivity index (χ0v) is 18.1. The van der Waals surface area contributed by atoms with E-state index < -0.39 is 0 Å². The summed E-state index contributed by atoms with van der Waals surface area (Å²) in [6.45, 7) is 2.82. The van der Waals surface area contributed by atoms with Crippen LogP contribution in [0.2, 0.25) is 0 Å². The Balaban J connectivity index is 1.28. The van der Waals surface area contributed by atoms with E-state index in [0.29, 0.717) is 18.4 Å². The third kappa shape index (κ3) is 5.05. The van der Waals surface area contributed by atoms with E-state index in [1.54, 1.807) is 0 Å². The minimum Gasteiger partial charge on any atom is -0.491 e. The molecule has 0 spiro atoms. The van der Waals surface area contributed by atoms with Gasteiger partial charge in [0.15, 0.2) is 0 Å². The minimum atomic E-state index is 0.0624. The Morgan fingerprint density at radius 1 is 1.00 bits per heavy atom. The summed E-state index contributed by atoms with van der Waals surface area (Å²) in [5.41, 5.74) is 2.90. The van der Waals surface area contributed by atoms with Crippen molar-refractivity contribution in [1.82, 2.24) is 0 Å². The molecule has 1 aliphatic carbocycles. The van der Waals surface area contributed by atoms with Gasteiger partial charge in [0, 0.05) is 0 Å². The van der Waals surface area contributed by atoms with Crippen molar-refractivity contribution >= 4 is 10.8 Å². The average Bonchev–Trinajstić information content (AvgIpc) is 3.26. The van der Waals surface area contributed by atoms with E-state index in [0.717, 1.165) is 11.7 Å².